The maximum atomic E-state index is 12.9. The van der Waals surface area contributed by atoms with Crippen molar-refractivity contribution in [2.45, 2.75) is 45.1 Å². The van der Waals surface area contributed by atoms with Crippen LogP contribution in [0, 0.1) is 12.3 Å². The Morgan fingerprint density at radius 1 is 1.35 bits per heavy atom. The highest BCUT2D eigenvalue weighted by Gasteiger charge is 2.47. The quantitative estimate of drug-likeness (QED) is 0.919. The van der Waals surface area contributed by atoms with Crippen LogP contribution in [0.4, 0.5) is 0 Å². The molecule has 1 aromatic rings. The molecule has 20 heavy (non-hydrogen) atoms. The molecular formula is C17H24N2O. The maximum absolute atomic E-state index is 12.9. The average molecular weight is 272 g/mol. The predicted octanol–water partition coefficient (Wildman–Crippen LogP) is 2.79. The van der Waals surface area contributed by atoms with Crippen molar-refractivity contribution >= 4 is 5.91 Å². The van der Waals surface area contributed by atoms with Gasteiger partial charge in [0.2, 0.25) is 5.91 Å². The minimum absolute atomic E-state index is 0.245. The molecule has 1 atom stereocenters. The fourth-order valence-electron chi connectivity index (χ4n) is 3.71. The SMILES string of the molecule is Cc1ccccc1C1CCCN1C(=O)C1(CN)CCC1. The highest BCUT2D eigenvalue weighted by atomic mass is 16.2. The van der Waals surface area contributed by atoms with Gasteiger partial charge in [0.1, 0.15) is 0 Å². The van der Waals surface area contributed by atoms with Crippen LogP contribution < -0.4 is 5.73 Å². The van der Waals surface area contributed by atoms with E-state index in [1.54, 1.807) is 0 Å². The molecule has 1 saturated carbocycles. The van der Waals surface area contributed by atoms with Gasteiger partial charge < -0.3 is 10.6 Å². The first-order valence-corrected chi connectivity index (χ1v) is 7.75. The van der Waals surface area contributed by atoms with Crippen molar-refractivity contribution < 1.29 is 4.79 Å². The number of carbonyl (C=O) groups is 1. The van der Waals surface area contributed by atoms with E-state index in [2.05, 4.69) is 36.1 Å². The second-order valence-electron chi connectivity index (χ2n) is 6.35. The second kappa shape index (κ2) is 5.21. The summed E-state index contributed by atoms with van der Waals surface area (Å²) in [5, 5.41) is 0. The van der Waals surface area contributed by atoms with Gasteiger partial charge >= 0.3 is 0 Å². The van der Waals surface area contributed by atoms with Crippen molar-refractivity contribution in [3.05, 3.63) is 35.4 Å². The summed E-state index contributed by atoms with van der Waals surface area (Å²) in [6.45, 7) is 3.53. The Balaban J connectivity index is 1.86. The van der Waals surface area contributed by atoms with Crippen LogP contribution in [0.3, 0.4) is 0 Å². The molecule has 2 aliphatic rings. The van der Waals surface area contributed by atoms with Gasteiger partial charge in [0.25, 0.3) is 0 Å². The van der Waals surface area contributed by atoms with E-state index in [0.717, 1.165) is 38.6 Å². The zero-order valence-electron chi connectivity index (χ0n) is 12.3. The molecule has 0 spiro atoms. The number of hydrogen-bond acceptors (Lipinski definition) is 2. The molecule has 3 nitrogen and oxygen atoms in total. The lowest BCUT2D eigenvalue weighted by molar-refractivity contribution is -0.147. The third-order valence-electron chi connectivity index (χ3n) is 5.22. The van der Waals surface area contributed by atoms with Crippen molar-refractivity contribution in [1.82, 2.24) is 4.90 Å². The lowest BCUT2D eigenvalue weighted by Crippen LogP contribution is -2.51. The van der Waals surface area contributed by atoms with Crippen molar-refractivity contribution in [2.24, 2.45) is 11.1 Å². The molecule has 3 rings (SSSR count). The Bertz CT molecular complexity index is 502. The fraction of sp³-hybridized carbons (Fsp3) is 0.588. The Morgan fingerprint density at radius 3 is 2.70 bits per heavy atom. The van der Waals surface area contributed by atoms with E-state index in [9.17, 15) is 4.79 Å². The molecule has 1 unspecified atom stereocenters. The van der Waals surface area contributed by atoms with Crippen LogP contribution in [0.2, 0.25) is 0 Å². The minimum Gasteiger partial charge on any atom is -0.335 e. The Kier molecular flexibility index (Phi) is 3.55. The number of nitrogens with zero attached hydrogens (tertiary/aromatic N) is 1. The average Bonchev–Trinajstić information content (AvgIpc) is 2.87. The van der Waals surface area contributed by atoms with Crippen LogP contribution in [-0.2, 0) is 4.79 Å². The third-order valence-corrected chi connectivity index (χ3v) is 5.22. The van der Waals surface area contributed by atoms with Gasteiger partial charge in [-0.05, 0) is 43.7 Å². The number of rotatable bonds is 3. The minimum atomic E-state index is -0.245. The van der Waals surface area contributed by atoms with Crippen molar-refractivity contribution in [3.63, 3.8) is 0 Å². The number of hydrogen-bond donors (Lipinski definition) is 1. The van der Waals surface area contributed by atoms with Crippen LogP contribution in [0.25, 0.3) is 0 Å². The number of amides is 1. The Hall–Kier alpha value is -1.35. The van der Waals surface area contributed by atoms with Gasteiger partial charge in [0.05, 0.1) is 11.5 Å². The van der Waals surface area contributed by atoms with E-state index in [4.69, 9.17) is 5.73 Å². The molecule has 0 radical (unpaired) electrons. The van der Waals surface area contributed by atoms with Gasteiger partial charge in [0, 0.05) is 13.1 Å². The van der Waals surface area contributed by atoms with E-state index < -0.39 is 0 Å². The molecular weight excluding hydrogens is 248 g/mol. The molecule has 1 aliphatic carbocycles. The van der Waals surface area contributed by atoms with Gasteiger partial charge in [-0.3, -0.25) is 4.79 Å². The standard InChI is InChI=1S/C17H24N2O/c1-13-6-2-3-7-14(13)15-8-4-11-19(15)16(20)17(12-18)9-5-10-17/h2-3,6-7,15H,4-5,8-12,18H2,1H3. The summed E-state index contributed by atoms with van der Waals surface area (Å²) in [6.07, 6.45) is 5.27. The van der Waals surface area contributed by atoms with Crippen LogP contribution in [0.5, 0.6) is 0 Å². The molecule has 1 heterocycles. The molecule has 2 N–H and O–H groups in total. The number of carbonyl (C=O) groups excluding carboxylic acids is 1. The van der Waals surface area contributed by atoms with Crippen molar-refractivity contribution in [1.29, 1.82) is 0 Å². The smallest absolute Gasteiger partial charge is 0.230 e. The highest BCUT2D eigenvalue weighted by Crippen LogP contribution is 2.45. The summed E-state index contributed by atoms with van der Waals surface area (Å²) in [5.74, 6) is 0.303. The first-order chi connectivity index (χ1) is 9.68. The van der Waals surface area contributed by atoms with Crippen LogP contribution in [-0.4, -0.2) is 23.9 Å². The molecule has 108 valence electrons. The van der Waals surface area contributed by atoms with E-state index >= 15 is 0 Å². The topological polar surface area (TPSA) is 46.3 Å². The van der Waals surface area contributed by atoms with E-state index in [0.29, 0.717) is 12.5 Å². The van der Waals surface area contributed by atoms with E-state index in [1.807, 2.05) is 0 Å². The summed E-state index contributed by atoms with van der Waals surface area (Å²) in [6, 6.07) is 8.70. The first kappa shape index (κ1) is 13.6. The lowest BCUT2D eigenvalue weighted by atomic mass is 9.67. The summed E-state index contributed by atoms with van der Waals surface area (Å²) in [7, 11) is 0. The van der Waals surface area contributed by atoms with Gasteiger partial charge in [-0.25, -0.2) is 0 Å². The third kappa shape index (κ3) is 2.05. The van der Waals surface area contributed by atoms with Crippen LogP contribution >= 0.6 is 0 Å². The molecule has 1 amide bonds. The highest BCUT2D eigenvalue weighted by molar-refractivity contribution is 5.84. The van der Waals surface area contributed by atoms with Gasteiger partial charge in [-0.1, -0.05) is 30.7 Å². The molecule has 1 saturated heterocycles. The lowest BCUT2D eigenvalue weighted by Gasteiger charge is -2.43. The van der Waals surface area contributed by atoms with Gasteiger partial charge in [0.15, 0.2) is 0 Å². The first-order valence-electron chi connectivity index (χ1n) is 7.75. The van der Waals surface area contributed by atoms with Crippen LogP contribution in [0.15, 0.2) is 24.3 Å². The summed E-state index contributed by atoms with van der Waals surface area (Å²) < 4.78 is 0. The van der Waals surface area contributed by atoms with Gasteiger partial charge in [-0.2, -0.15) is 0 Å². The zero-order chi connectivity index (χ0) is 14.2. The summed E-state index contributed by atoms with van der Waals surface area (Å²) >= 11 is 0. The second-order valence-corrected chi connectivity index (χ2v) is 6.35. The normalized spacial score (nSPS) is 24.5. The number of nitrogens with two attached hydrogens (primary N) is 1. The monoisotopic (exact) mass is 272 g/mol. The molecule has 2 fully saturated rings. The number of likely N-dealkylation sites (tertiary alicyclic amines) is 1. The molecule has 0 aromatic heterocycles. The fourth-order valence-corrected chi connectivity index (χ4v) is 3.71. The molecule has 3 heteroatoms. The number of aryl methyl sites for hydroxylation is 1. The van der Waals surface area contributed by atoms with E-state index in [1.165, 1.54) is 11.1 Å². The zero-order valence-corrected chi connectivity index (χ0v) is 12.3. The Morgan fingerprint density at radius 2 is 2.10 bits per heavy atom. The van der Waals surface area contributed by atoms with Gasteiger partial charge in [-0.15, -0.1) is 0 Å². The molecule has 0 bridgehead atoms. The van der Waals surface area contributed by atoms with Crippen LogP contribution in [0.1, 0.15) is 49.3 Å². The molecule has 1 aromatic carbocycles. The molecule has 1 aliphatic heterocycles. The largest absolute Gasteiger partial charge is 0.335 e. The Labute approximate surface area is 121 Å². The van der Waals surface area contributed by atoms with E-state index in [-0.39, 0.29) is 11.5 Å². The number of benzene rings is 1. The maximum Gasteiger partial charge on any atom is 0.230 e. The summed E-state index contributed by atoms with van der Waals surface area (Å²) in [4.78, 5) is 15.0. The van der Waals surface area contributed by atoms with Crippen molar-refractivity contribution in [2.75, 3.05) is 13.1 Å². The summed E-state index contributed by atoms with van der Waals surface area (Å²) in [5.41, 5.74) is 8.25. The predicted molar refractivity (Wildman–Crippen MR) is 80.2 cm³/mol. The van der Waals surface area contributed by atoms with Crippen molar-refractivity contribution in [3.8, 4) is 0 Å².